The molecule has 0 fully saturated rings. The first-order valence-electron chi connectivity index (χ1n) is 6.22. The molecule has 3 nitrogen and oxygen atoms in total. The summed E-state index contributed by atoms with van der Waals surface area (Å²) >= 11 is 6.10. The molecule has 0 unspecified atom stereocenters. The summed E-state index contributed by atoms with van der Waals surface area (Å²) in [5, 5.41) is 9.38. The second-order valence-electron chi connectivity index (χ2n) is 4.20. The zero-order valence-electron chi connectivity index (χ0n) is 11.3. The van der Waals surface area contributed by atoms with Crippen LogP contribution in [0.2, 0.25) is 5.02 Å². The molecule has 0 heterocycles. The Hall–Kier alpha value is -2.18. The molecule has 0 saturated carbocycles. The van der Waals surface area contributed by atoms with Crippen molar-refractivity contribution < 1.29 is 9.47 Å². The summed E-state index contributed by atoms with van der Waals surface area (Å²) in [6.07, 6.45) is 0.895. The molecule has 0 aliphatic heterocycles. The van der Waals surface area contributed by atoms with Gasteiger partial charge in [0.1, 0.15) is 5.75 Å². The lowest BCUT2D eigenvalue weighted by molar-refractivity contribution is 0.378. The largest absolute Gasteiger partial charge is 0.493 e. The first-order valence-corrected chi connectivity index (χ1v) is 6.60. The molecule has 102 valence electrons. The van der Waals surface area contributed by atoms with Crippen LogP contribution in [0.15, 0.2) is 36.4 Å². The predicted octanol–water partition coefficient (Wildman–Crippen LogP) is 4.57. The van der Waals surface area contributed by atoms with Crippen LogP contribution in [0.1, 0.15) is 18.1 Å². The fourth-order valence-corrected chi connectivity index (χ4v) is 1.95. The maximum Gasteiger partial charge on any atom is 0.169 e. The molecule has 0 N–H and O–H groups in total. The van der Waals surface area contributed by atoms with Crippen molar-refractivity contribution in [2.24, 2.45) is 0 Å². The molecule has 0 aliphatic carbocycles. The molecule has 20 heavy (non-hydrogen) atoms. The number of halogens is 1. The summed E-state index contributed by atoms with van der Waals surface area (Å²) in [6, 6.07) is 12.7. The van der Waals surface area contributed by atoms with Crippen molar-refractivity contribution in [2.75, 3.05) is 7.11 Å². The highest BCUT2D eigenvalue weighted by atomic mass is 35.5. The molecule has 2 aromatic carbocycles. The minimum atomic E-state index is 0.442. The van der Waals surface area contributed by atoms with Gasteiger partial charge in [0.25, 0.3) is 0 Å². The molecule has 0 amide bonds. The number of methoxy groups -OCH3 is 1. The van der Waals surface area contributed by atoms with Gasteiger partial charge in [0.15, 0.2) is 11.5 Å². The predicted molar refractivity (Wildman–Crippen MR) is 78.6 cm³/mol. The topological polar surface area (TPSA) is 42.2 Å². The second kappa shape index (κ2) is 6.31. The maximum absolute atomic E-state index is 8.93. The van der Waals surface area contributed by atoms with Gasteiger partial charge in [0.2, 0.25) is 0 Å². The Bertz CT molecular complexity index is 662. The molecule has 0 spiro atoms. The van der Waals surface area contributed by atoms with Crippen LogP contribution in [0.4, 0.5) is 0 Å². The third-order valence-electron chi connectivity index (χ3n) is 2.92. The van der Waals surface area contributed by atoms with Crippen molar-refractivity contribution in [2.45, 2.75) is 13.3 Å². The Kier molecular flexibility index (Phi) is 4.49. The Morgan fingerprint density at radius 1 is 1.10 bits per heavy atom. The third-order valence-corrected chi connectivity index (χ3v) is 3.23. The van der Waals surface area contributed by atoms with E-state index in [-0.39, 0.29) is 0 Å². The van der Waals surface area contributed by atoms with Crippen molar-refractivity contribution in [1.82, 2.24) is 0 Å². The fraction of sp³-hybridized carbons (Fsp3) is 0.188. The number of hydrogen-bond acceptors (Lipinski definition) is 3. The van der Waals surface area contributed by atoms with Crippen LogP contribution in [0, 0.1) is 11.3 Å². The molecule has 4 heteroatoms. The molecule has 0 atom stereocenters. The van der Waals surface area contributed by atoms with E-state index >= 15 is 0 Å². The van der Waals surface area contributed by atoms with E-state index in [1.165, 1.54) is 0 Å². The van der Waals surface area contributed by atoms with E-state index < -0.39 is 0 Å². The fourth-order valence-electron chi connectivity index (χ4n) is 1.79. The highest BCUT2D eigenvalue weighted by Crippen LogP contribution is 2.36. The van der Waals surface area contributed by atoms with E-state index in [1.807, 2.05) is 18.2 Å². The van der Waals surface area contributed by atoms with Crippen molar-refractivity contribution in [1.29, 1.82) is 5.26 Å². The van der Waals surface area contributed by atoms with Gasteiger partial charge in [-0.2, -0.15) is 5.26 Å². The number of nitrogens with zero attached hydrogens (tertiary/aromatic N) is 1. The smallest absolute Gasteiger partial charge is 0.169 e. The second-order valence-corrected chi connectivity index (χ2v) is 4.61. The Balaban J connectivity index is 2.41. The van der Waals surface area contributed by atoms with Gasteiger partial charge in [-0.25, -0.2) is 0 Å². The number of aryl methyl sites for hydroxylation is 1. The van der Waals surface area contributed by atoms with Crippen LogP contribution in [0.25, 0.3) is 0 Å². The van der Waals surface area contributed by atoms with E-state index in [2.05, 4.69) is 13.0 Å². The Morgan fingerprint density at radius 2 is 1.90 bits per heavy atom. The number of rotatable bonds is 4. The highest BCUT2D eigenvalue weighted by molar-refractivity contribution is 6.32. The van der Waals surface area contributed by atoms with Gasteiger partial charge in [-0.1, -0.05) is 24.6 Å². The van der Waals surface area contributed by atoms with E-state index in [9.17, 15) is 0 Å². The lowest BCUT2D eigenvalue weighted by Gasteiger charge is -2.12. The van der Waals surface area contributed by atoms with E-state index in [1.54, 1.807) is 25.3 Å². The van der Waals surface area contributed by atoms with Crippen molar-refractivity contribution in [3.8, 4) is 23.3 Å². The molecule has 2 rings (SSSR count). The van der Waals surface area contributed by atoms with Crippen LogP contribution in [0.3, 0.4) is 0 Å². The molecule has 0 radical (unpaired) electrons. The number of hydrogen-bond donors (Lipinski definition) is 0. The van der Waals surface area contributed by atoms with Crippen LogP contribution in [-0.2, 0) is 6.42 Å². The van der Waals surface area contributed by atoms with Gasteiger partial charge in [0, 0.05) is 6.07 Å². The SMILES string of the molecule is CCc1ccc(OC)c(Oc2cc(C#N)ccc2Cl)c1. The zero-order valence-corrected chi connectivity index (χ0v) is 12.1. The summed E-state index contributed by atoms with van der Waals surface area (Å²) < 4.78 is 11.1. The lowest BCUT2D eigenvalue weighted by Crippen LogP contribution is -1.93. The Labute approximate surface area is 123 Å². The first kappa shape index (κ1) is 14.2. The number of benzene rings is 2. The summed E-state index contributed by atoms with van der Waals surface area (Å²) in [6.45, 7) is 2.06. The molecule has 2 aromatic rings. The quantitative estimate of drug-likeness (QED) is 0.827. The Morgan fingerprint density at radius 3 is 2.55 bits per heavy atom. The third kappa shape index (κ3) is 3.04. The molecular formula is C16H14ClNO2. The van der Waals surface area contributed by atoms with Gasteiger partial charge in [0.05, 0.1) is 23.8 Å². The zero-order chi connectivity index (χ0) is 14.5. The lowest BCUT2D eigenvalue weighted by atomic mass is 10.1. The highest BCUT2D eigenvalue weighted by Gasteiger charge is 2.10. The van der Waals surface area contributed by atoms with Crippen molar-refractivity contribution in [3.63, 3.8) is 0 Å². The summed E-state index contributed by atoms with van der Waals surface area (Å²) in [4.78, 5) is 0. The molecule has 0 aliphatic rings. The van der Waals surface area contributed by atoms with E-state index in [0.717, 1.165) is 12.0 Å². The van der Waals surface area contributed by atoms with E-state index in [0.29, 0.717) is 27.8 Å². The van der Waals surface area contributed by atoms with Crippen LogP contribution in [0.5, 0.6) is 17.2 Å². The maximum atomic E-state index is 8.93. The summed E-state index contributed by atoms with van der Waals surface area (Å²) in [5.74, 6) is 1.65. The minimum Gasteiger partial charge on any atom is -0.493 e. The minimum absolute atomic E-state index is 0.442. The summed E-state index contributed by atoms with van der Waals surface area (Å²) in [7, 11) is 1.58. The van der Waals surface area contributed by atoms with E-state index in [4.69, 9.17) is 26.3 Å². The number of ether oxygens (including phenoxy) is 2. The van der Waals surface area contributed by atoms with Gasteiger partial charge in [-0.05, 0) is 36.2 Å². The first-order chi connectivity index (χ1) is 9.67. The van der Waals surface area contributed by atoms with Crippen LogP contribution >= 0.6 is 11.6 Å². The van der Waals surface area contributed by atoms with Crippen molar-refractivity contribution >= 4 is 11.6 Å². The van der Waals surface area contributed by atoms with Gasteiger partial charge >= 0.3 is 0 Å². The van der Waals surface area contributed by atoms with Gasteiger partial charge in [-0.3, -0.25) is 0 Å². The molecular weight excluding hydrogens is 274 g/mol. The summed E-state index contributed by atoms with van der Waals surface area (Å²) in [5.41, 5.74) is 1.63. The average molecular weight is 288 g/mol. The molecule has 0 saturated heterocycles. The van der Waals surface area contributed by atoms with Crippen molar-refractivity contribution in [3.05, 3.63) is 52.5 Å². The standard InChI is InChI=1S/C16H14ClNO2/c1-3-11-5-7-14(19-2)16(8-11)20-15-9-12(10-18)4-6-13(15)17/h4-9H,3H2,1-2H3. The number of nitriles is 1. The molecule has 0 bridgehead atoms. The molecule has 0 aromatic heterocycles. The normalized spacial score (nSPS) is 9.90. The van der Waals surface area contributed by atoms with Crippen LogP contribution < -0.4 is 9.47 Å². The van der Waals surface area contributed by atoms with Gasteiger partial charge in [-0.15, -0.1) is 0 Å². The van der Waals surface area contributed by atoms with Crippen LogP contribution in [-0.4, -0.2) is 7.11 Å². The van der Waals surface area contributed by atoms with Gasteiger partial charge < -0.3 is 9.47 Å². The average Bonchev–Trinajstić information content (AvgIpc) is 2.49. The monoisotopic (exact) mass is 287 g/mol.